The number of amidine groups is 1. The maximum atomic E-state index is 8.73. The van der Waals surface area contributed by atoms with Crippen molar-refractivity contribution in [2.75, 3.05) is 0 Å². The summed E-state index contributed by atoms with van der Waals surface area (Å²) in [5.41, 5.74) is 9.16. The van der Waals surface area contributed by atoms with E-state index in [4.69, 9.17) is 10.9 Å². The lowest BCUT2D eigenvalue weighted by Gasteiger charge is -2.07. The van der Waals surface area contributed by atoms with Crippen molar-refractivity contribution >= 4 is 17.6 Å². The molecule has 1 heterocycles. The van der Waals surface area contributed by atoms with E-state index in [9.17, 15) is 0 Å². The van der Waals surface area contributed by atoms with Crippen LogP contribution in [0.5, 0.6) is 0 Å². The average molecular weight is 288 g/mol. The molecule has 1 aromatic carbocycles. The van der Waals surface area contributed by atoms with Gasteiger partial charge in [-0.25, -0.2) is 9.97 Å². The third-order valence-electron chi connectivity index (χ3n) is 2.74. The predicted octanol–water partition coefficient (Wildman–Crippen LogP) is 2.65. The molecule has 0 saturated heterocycles. The number of aromatic nitrogens is 2. The van der Waals surface area contributed by atoms with E-state index in [0.29, 0.717) is 10.9 Å². The van der Waals surface area contributed by atoms with Crippen molar-refractivity contribution in [2.24, 2.45) is 10.9 Å². The van der Waals surface area contributed by atoms with Gasteiger partial charge in [0, 0.05) is 10.6 Å². The summed E-state index contributed by atoms with van der Waals surface area (Å²) in [4.78, 5) is 9.76. The van der Waals surface area contributed by atoms with Gasteiger partial charge in [0.1, 0.15) is 5.69 Å². The molecule has 5 nitrogen and oxygen atoms in total. The molecule has 0 bridgehead atoms. The van der Waals surface area contributed by atoms with E-state index < -0.39 is 0 Å². The second kappa shape index (κ2) is 5.92. The van der Waals surface area contributed by atoms with Gasteiger partial charge in [0.15, 0.2) is 11.0 Å². The molecule has 0 aliphatic carbocycles. The van der Waals surface area contributed by atoms with Gasteiger partial charge in [-0.2, -0.15) is 0 Å². The summed E-state index contributed by atoms with van der Waals surface area (Å²) < 4.78 is 0. The smallest absolute Gasteiger partial charge is 0.193 e. The van der Waals surface area contributed by atoms with Crippen molar-refractivity contribution < 1.29 is 5.21 Å². The summed E-state index contributed by atoms with van der Waals surface area (Å²) in [6, 6.07) is 7.89. The third kappa shape index (κ3) is 3.27. The zero-order valence-electron chi connectivity index (χ0n) is 11.6. The van der Waals surface area contributed by atoms with E-state index in [1.165, 1.54) is 22.9 Å². The Bertz CT molecular complexity index is 670. The van der Waals surface area contributed by atoms with Crippen molar-refractivity contribution in [1.29, 1.82) is 0 Å². The second-order valence-corrected chi connectivity index (χ2v) is 5.54. The van der Waals surface area contributed by atoms with Gasteiger partial charge in [0.2, 0.25) is 0 Å². The lowest BCUT2D eigenvalue weighted by atomic mass is 10.2. The maximum absolute atomic E-state index is 8.73. The largest absolute Gasteiger partial charge is 0.409 e. The summed E-state index contributed by atoms with van der Waals surface area (Å²) in [7, 11) is 0. The number of nitrogens with two attached hydrogens (primary N) is 1. The molecule has 0 saturated carbocycles. The van der Waals surface area contributed by atoms with Crippen molar-refractivity contribution in [3.63, 3.8) is 0 Å². The predicted molar refractivity (Wildman–Crippen MR) is 79.3 cm³/mol. The lowest BCUT2D eigenvalue weighted by molar-refractivity contribution is 0.318. The van der Waals surface area contributed by atoms with Crippen molar-refractivity contribution in [2.45, 2.75) is 30.8 Å². The minimum atomic E-state index is -0.0158. The summed E-state index contributed by atoms with van der Waals surface area (Å²) in [6.07, 6.45) is 0. The van der Waals surface area contributed by atoms with Crippen LogP contribution < -0.4 is 5.73 Å². The van der Waals surface area contributed by atoms with Crippen LogP contribution in [0.3, 0.4) is 0 Å². The molecule has 2 aromatic rings. The quantitative estimate of drug-likeness (QED) is 0.298. The highest BCUT2D eigenvalue weighted by atomic mass is 32.2. The van der Waals surface area contributed by atoms with E-state index in [0.717, 1.165) is 10.6 Å². The average Bonchev–Trinajstić information content (AvgIpc) is 2.40. The van der Waals surface area contributed by atoms with E-state index in [2.05, 4.69) is 41.1 Å². The molecule has 0 fully saturated rings. The topological polar surface area (TPSA) is 84.4 Å². The number of hydrogen-bond donors (Lipinski definition) is 2. The first kappa shape index (κ1) is 14.3. The first-order valence-electron chi connectivity index (χ1n) is 6.08. The van der Waals surface area contributed by atoms with E-state index in [-0.39, 0.29) is 5.84 Å². The highest BCUT2D eigenvalue weighted by Gasteiger charge is 2.09. The summed E-state index contributed by atoms with van der Waals surface area (Å²) in [5, 5.41) is 12.3. The third-order valence-corrected chi connectivity index (χ3v) is 3.78. The zero-order valence-corrected chi connectivity index (χ0v) is 12.4. The number of hydrogen-bond acceptors (Lipinski definition) is 5. The van der Waals surface area contributed by atoms with Crippen LogP contribution in [0.25, 0.3) is 0 Å². The molecule has 0 radical (unpaired) electrons. The highest BCUT2D eigenvalue weighted by Crippen LogP contribution is 2.28. The Morgan fingerprint density at radius 1 is 1.20 bits per heavy atom. The fourth-order valence-corrected chi connectivity index (χ4v) is 2.67. The summed E-state index contributed by atoms with van der Waals surface area (Å²) in [6.45, 7) is 5.96. The Morgan fingerprint density at radius 3 is 2.60 bits per heavy atom. The van der Waals surface area contributed by atoms with E-state index >= 15 is 0 Å². The van der Waals surface area contributed by atoms with Crippen LogP contribution >= 0.6 is 11.8 Å². The van der Waals surface area contributed by atoms with Crippen molar-refractivity contribution in [3.05, 3.63) is 46.8 Å². The van der Waals surface area contributed by atoms with E-state index in [1.54, 1.807) is 6.07 Å². The number of nitrogens with zero attached hydrogens (tertiary/aromatic N) is 3. The molecule has 0 aliphatic heterocycles. The van der Waals surface area contributed by atoms with Gasteiger partial charge in [0.05, 0.1) is 0 Å². The lowest BCUT2D eigenvalue weighted by Crippen LogP contribution is -2.16. The second-order valence-electron chi connectivity index (χ2n) is 4.53. The molecule has 0 unspecified atom stereocenters. The standard InChI is InChI=1S/C14H16N4OS/c1-8-4-5-12(9(2)6-8)20-14-16-10(3)7-11(17-14)13(15)18-19/h4-7,19H,1-3H3,(H2,15,18). The first-order valence-corrected chi connectivity index (χ1v) is 6.90. The maximum Gasteiger partial charge on any atom is 0.193 e. The molecule has 20 heavy (non-hydrogen) atoms. The Morgan fingerprint density at radius 2 is 1.95 bits per heavy atom. The van der Waals surface area contributed by atoms with E-state index in [1.807, 2.05) is 13.0 Å². The zero-order chi connectivity index (χ0) is 14.7. The molecule has 0 atom stereocenters. The molecular weight excluding hydrogens is 272 g/mol. The Labute approximate surface area is 121 Å². The van der Waals surface area contributed by atoms with Crippen LogP contribution in [0, 0.1) is 20.8 Å². The van der Waals surface area contributed by atoms with Crippen LogP contribution in [0.1, 0.15) is 22.5 Å². The molecule has 0 aliphatic rings. The molecule has 0 amide bonds. The monoisotopic (exact) mass is 288 g/mol. The minimum Gasteiger partial charge on any atom is -0.409 e. The summed E-state index contributed by atoms with van der Waals surface area (Å²) >= 11 is 1.46. The molecule has 3 N–H and O–H groups in total. The molecule has 1 aromatic heterocycles. The van der Waals surface area contributed by atoms with Gasteiger partial charge in [0.25, 0.3) is 0 Å². The minimum absolute atomic E-state index is 0.0158. The van der Waals surface area contributed by atoms with Crippen molar-refractivity contribution in [3.8, 4) is 0 Å². The number of aryl methyl sites for hydroxylation is 3. The fourth-order valence-electron chi connectivity index (χ4n) is 1.78. The Balaban J connectivity index is 2.36. The molecule has 2 rings (SSSR count). The van der Waals surface area contributed by atoms with Crippen LogP contribution in [-0.2, 0) is 0 Å². The SMILES string of the molecule is Cc1ccc(Sc2nc(C)cc(/C(N)=N/O)n2)c(C)c1. The molecule has 0 spiro atoms. The van der Waals surface area contributed by atoms with Gasteiger partial charge in [-0.3, -0.25) is 0 Å². The number of benzene rings is 1. The van der Waals surface area contributed by atoms with Gasteiger partial charge in [-0.05, 0) is 50.2 Å². The number of oxime groups is 1. The van der Waals surface area contributed by atoms with Crippen molar-refractivity contribution in [1.82, 2.24) is 9.97 Å². The van der Waals surface area contributed by atoms with Crippen LogP contribution in [0.4, 0.5) is 0 Å². The van der Waals surface area contributed by atoms with Gasteiger partial charge >= 0.3 is 0 Å². The Hall–Kier alpha value is -2.08. The molecule has 6 heteroatoms. The van der Waals surface area contributed by atoms with Gasteiger partial charge in [-0.1, -0.05) is 22.9 Å². The summed E-state index contributed by atoms with van der Waals surface area (Å²) in [5.74, 6) is -0.0158. The fraction of sp³-hybridized carbons (Fsp3) is 0.214. The number of rotatable bonds is 3. The molecular formula is C14H16N4OS. The first-order chi connectivity index (χ1) is 9.49. The molecule has 104 valence electrons. The van der Waals surface area contributed by atoms with Crippen LogP contribution in [0.2, 0.25) is 0 Å². The van der Waals surface area contributed by atoms with Gasteiger partial charge in [-0.15, -0.1) is 0 Å². The van der Waals surface area contributed by atoms with Gasteiger partial charge < -0.3 is 10.9 Å². The normalized spacial score (nSPS) is 11.7. The highest BCUT2D eigenvalue weighted by molar-refractivity contribution is 7.99. The van der Waals surface area contributed by atoms with Crippen LogP contribution in [0.15, 0.2) is 39.5 Å². The Kier molecular flexibility index (Phi) is 4.24. The van der Waals surface area contributed by atoms with Crippen LogP contribution in [-0.4, -0.2) is 21.0 Å².